The van der Waals surface area contributed by atoms with Gasteiger partial charge in [0.25, 0.3) is 5.91 Å². The van der Waals surface area contributed by atoms with Gasteiger partial charge in [-0.05, 0) is 31.0 Å². The molecule has 1 aromatic heterocycles. The first kappa shape index (κ1) is 16.0. The van der Waals surface area contributed by atoms with E-state index in [1.807, 2.05) is 0 Å². The molecule has 8 nitrogen and oxygen atoms in total. The molecule has 3 rings (SSSR count). The van der Waals surface area contributed by atoms with Crippen LogP contribution in [-0.4, -0.2) is 56.3 Å². The highest BCUT2D eigenvalue weighted by atomic mass is 16.5. The molecule has 0 bridgehead atoms. The minimum Gasteiger partial charge on any atom is -0.482 e. The number of carboxylic acids is 1. The highest BCUT2D eigenvalue weighted by Crippen LogP contribution is 2.23. The summed E-state index contributed by atoms with van der Waals surface area (Å²) in [6.07, 6.45) is 5.00. The Morgan fingerprint density at radius 1 is 1.38 bits per heavy atom. The molecule has 1 unspecified atom stereocenters. The topological polar surface area (TPSA) is 97.6 Å². The Hall–Kier alpha value is -2.90. The molecule has 0 spiro atoms. The van der Waals surface area contributed by atoms with Crippen LogP contribution in [0, 0.1) is 0 Å². The number of carboxylic acid groups (broad SMARTS) is 1. The number of rotatable bonds is 5. The number of hydrogen-bond acceptors (Lipinski definition) is 5. The summed E-state index contributed by atoms with van der Waals surface area (Å²) in [5.74, 6) is -0.785. The Balaban J connectivity index is 1.69. The van der Waals surface area contributed by atoms with E-state index in [4.69, 9.17) is 9.84 Å². The van der Waals surface area contributed by atoms with Gasteiger partial charge in [0.15, 0.2) is 6.61 Å². The van der Waals surface area contributed by atoms with Crippen LogP contribution in [0.5, 0.6) is 5.75 Å². The molecule has 1 aliphatic rings. The lowest BCUT2D eigenvalue weighted by atomic mass is 10.0. The van der Waals surface area contributed by atoms with E-state index >= 15 is 0 Å². The van der Waals surface area contributed by atoms with Crippen molar-refractivity contribution in [3.8, 4) is 5.75 Å². The molecule has 8 heteroatoms. The number of carbonyl (C=O) groups excluding carboxylic acids is 1. The van der Waals surface area contributed by atoms with Gasteiger partial charge in [-0.25, -0.2) is 14.5 Å². The molecule has 24 heavy (non-hydrogen) atoms. The van der Waals surface area contributed by atoms with Crippen molar-refractivity contribution < 1.29 is 19.4 Å². The molecule has 0 radical (unpaired) electrons. The van der Waals surface area contributed by atoms with Crippen molar-refractivity contribution in [2.75, 3.05) is 19.7 Å². The highest BCUT2D eigenvalue weighted by Gasteiger charge is 2.26. The number of aliphatic carboxylic acids is 1. The first-order valence-electron chi connectivity index (χ1n) is 7.71. The molecule has 0 saturated carbocycles. The van der Waals surface area contributed by atoms with Crippen LogP contribution in [0.15, 0.2) is 36.9 Å². The number of piperidine rings is 1. The number of nitrogens with zero attached hydrogens (tertiary/aromatic N) is 4. The molecule has 2 heterocycles. The molecular formula is C16H18N4O4. The maximum atomic E-state index is 12.7. The summed E-state index contributed by atoms with van der Waals surface area (Å²) in [5, 5.41) is 12.8. The minimum atomic E-state index is -1.06. The maximum absolute atomic E-state index is 12.7. The fourth-order valence-electron chi connectivity index (χ4n) is 2.81. The van der Waals surface area contributed by atoms with Gasteiger partial charge in [0.1, 0.15) is 18.4 Å². The van der Waals surface area contributed by atoms with E-state index in [-0.39, 0.29) is 11.9 Å². The fourth-order valence-corrected chi connectivity index (χ4v) is 2.81. The third kappa shape index (κ3) is 3.70. The van der Waals surface area contributed by atoms with Gasteiger partial charge in [0, 0.05) is 18.7 Å². The number of aromatic nitrogens is 3. The van der Waals surface area contributed by atoms with E-state index in [0.29, 0.717) is 24.4 Å². The monoisotopic (exact) mass is 330 g/mol. The average Bonchev–Trinajstić information content (AvgIpc) is 3.14. The summed E-state index contributed by atoms with van der Waals surface area (Å²) in [4.78, 5) is 29.0. The van der Waals surface area contributed by atoms with Crippen LogP contribution in [0.25, 0.3) is 0 Å². The molecule has 1 amide bonds. The summed E-state index contributed by atoms with van der Waals surface area (Å²) >= 11 is 0. The Morgan fingerprint density at radius 3 is 3.00 bits per heavy atom. The van der Waals surface area contributed by atoms with Gasteiger partial charge in [-0.1, -0.05) is 6.07 Å². The maximum Gasteiger partial charge on any atom is 0.341 e. The largest absolute Gasteiger partial charge is 0.482 e. The first-order chi connectivity index (χ1) is 11.6. The summed E-state index contributed by atoms with van der Waals surface area (Å²) in [6, 6.07) is 6.72. The van der Waals surface area contributed by atoms with Crippen LogP contribution in [-0.2, 0) is 4.79 Å². The third-order valence-electron chi connectivity index (χ3n) is 3.94. The predicted molar refractivity (Wildman–Crippen MR) is 83.8 cm³/mol. The molecule has 2 aromatic rings. The predicted octanol–water partition coefficient (Wildman–Crippen LogP) is 1.22. The molecule has 1 atom stereocenters. The van der Waals surface area contributed by atoms with Gasteiger partial charge in [0.2, 0.25) is 0 Å². The molecule has 1 N–H and O–H groups in total. The molecule has 126 valence electrons. The van der Waals surface area contributed by atoms with Crippen LogP contribution >= 0.6 is 0 Å². The molecular weight excluding hydrogens is 312 g/mol. The number of carbonyl (C=O) groups is 2. The fraction of sp³-hybridized carbons (Fsp3) is 0.375. The van der Waals surface area contributed by atoms with Crippen molar-refractivity contribution in [2.45, 2.75) is 18.9 Å². The summed E-state index contributed by atoms with van der Waals surface area (Å²) in [5.41, 5.74) is 0.483. The molecule has 1 aromatic carbocycles. The second-order valence-corrected chi connectivity index (χ2v) is 5.63. The van der Waals surface area contributed by atoms with Crippen molar-refractivity contribution in [3.05, 3.63) is 42.5 Å². The van der Waals surface area contributed by atoms with E-state index in [1.54, 1.807) is 40.2 Å². The van der Waals surface area contributed by atoms with Crippen LogP contribution in [0.3, 0.4) is 0 Å². The van der Waals surface area contributed by atoms with Crippen molar-refractivity contribution in [1.29, 1.82) is 0 Å². The lowest BCUT2D eigenvalue weighted by Crippen LogP contribution is -2.40. The van der Waals surface area contributed by atoms with E-state index in [1.165, 1.54) is 6.33 Å². The quantitative estimate of drug-likeness (QED) is 0.885. The van der Waals surface area contributed by atoms with Crippen molar-refractivity contribution >= 4 is 11.9 Å². The van der Waals surface area contributed by atoms with Crippen molar-refractivity contribution in [2.24, 2.45) is 0 Å². The molecule has 1 saturated heterocycles. The van der Waals surface area contributed by atoms with Crippen LogP contribution < -0.4 is 4.74 Å². The zero-order chi connectivity index (χ0) is 16.9. The number of likely N-dealkylation sites (tertiary alicyclic amines) is 1. The third-order valence-corrected chi connectivity index (χ3v) is 3.94. The van der Waals surface area contributed by atoms with Gasteiger partial charge < -0.3 is 14.7 Å². The summed E-state index contributed by atoms with van der Waals surface area (Å²) in [7, 11) is 0. The Kier molecular flexibility index (Phi) is 4.74. The summed E-state index contributed by atoms with van der Waals surface area (Å²) < 4.78 is 6.92. The Labute approximate surface area is 138 Å². The average molecular weight is 330 g/mol. The second kappa shape index (κ2) is 7.12. The zero-order valence-corrected chi connectivity index (χ0v) is 13.0. The number of hydrogen-bond donors (Lipinski definition) is 1. The van der Waals surface area contributed by atoms with E-state index in [9.17, 15) is 9.59 Å². The Bertz CT molecular complexity index is 717. The van der Waals surface area contributed by atoms with Crippen molar-refractivity contribution in [3.63, 3.8) is 0 Å². The molecule has 1 aliphatic heterocycles. The van der Waals surface area contributed by atoms with Crippen LogP contribution in [0.1, 0.15) is 29.2 Å². The summed E-state index contributed by atoms with van der Waals surface area (Å²) in [6.45, 7) is 0.822. The van der Waals surface area contributed by atoms with Gasteiger partial charge in [-0.15, -0.1) is 0 Å². The zero-order valence-electron chi connectivity index (χ0n) is 13.0. The van der Waals surface area contributed by atoms with Crippen molar-refractivity contribution in [1.82, 2.24) is 19.7 Å². The number of ether oxygens (including phenoxy) is 1. The number of amides is 1. The SMILES string of the molecule is O=C(O)COc1cccc(C(=O)N2CCCC(n3cncn3)C2)c1. The molecule has 0 aliphatic carbocycles. The van der Waals surface area contributed by atoms with Gasteiger partial charge in [-0.3, -0.25) is 4.79 Å². The second-order valence-electron chi connectivity index (χ2n) is 5.63. The first-order valence-corrected chi connectivity index (χ1v) is 7.71. The van der Waals surface area contributed by atoms with Gasteiger partial charge in [-0.2, -0.15) is 5.10 Å². The van der Waals surface area contributed by atoms with Crippen LogP contribution in [0.4, 0.5) is 0 Å². The van der Waals surface area contributed by atoms with Gasteiger partial charge >= 0.3 is 5.97 Å². The normalized spacial score (nSPS) is 17.5. The Morgan fingerprint density at radius 2 is 2.25 bits per heavy atom. The van der Waals surface area contributed by atoms with E-state index < -0.39 is 12.6 Å². The standard InChI is InChI=1S/C16H18N4O4/c21-15(22)9-24-14-5-1-3-12(7-14)16(23)19-6-2-4-13(8-19)20-11-17-10-18-20/h1,3,5,7,10-11,13H,2,4,6,8-9H2,(H,21,22). The lowest BCUT2D eigenvalue weighted by Gasteiger charge is -2.32. The highest BCUT2D eigenvalue weighted by molar-refractivity contribution is 5.94. The number of benzene rings is 1. The lowest BCUT2D eigenvalue weighted by molar-refractivity contribution is -0.139. The van der Waals surface area contributed by atoms with Gasteiger partial charge in [0.05, 0.1) is 6.04 Å². The molecule has 1 fully saturated rings. The van der Waals surface area contributed by atoms with E-state index in [2.05, 4.69) is 10.1 Å². The van der Waals surface area contributed by atoms with E-state index in [0.717, 1.165) is 12.8 Å². The van der Waals surface area contributed by atoms with Crippen LogP contribution in [0.2, 0.25) is 0 Å². The smallest absolute Gasteiger partial charge is 0.341 e. The minimum absolute atomic E-state index is 0.0967.